The van der Waals surface area contributed by atoms with E-state index in [2.05, 4.69) is 6.92 Å². The first-order valence-corrected chi connectivity index (χ1v) is 10.7. The quantitative estimate of drug-likeness (QED) is 0.311. The van der Waals surface area contributed by atoms with Crippen molar-refractivity contribution in [1.29, 1.82) is 0 Å². The first kappa shape index (κ1) is 19.9. The van der Waals surface area contributed by atoms with Crippen molar-refractivity contribution in [3.63, 3.8) is 0 Å². The molecule has 0 heterocycles. The Morgan fingerprint density at radius 2 is 1.55 bits per heavy atom. The van der Waals surface area contributed by atoms with Gasteiger partial charge >= 0.3 is 0 Å². The van der Waals surface area contributed by atoms with Crippen LogP contribution in [-0.4, -0.2) is 8.76 Å². The molecule has 1 aliphatic carbocycles. The lowest BCUT2D eigenvalue weighted by Gasteiger charge is -2.19. The molecule has 1 saturated carbocycles. The second kappa shape index (κ2) is 13.3. The summed E-state index contributed by atoms with van der Waals surface area (Å²) in [5, 5.41) is 1.39. The Morgan fingerprint density at radius 1 is 0.955 bits per heavy atom. The zero-order chi connectivity index (χ0) is 16.0. The maximum Gasteiger partial charge on any atom is 0.178 e. The number of hydrogen-bond donors (Lipinski definition) is 1. The van der Waals surface area contributed by atoms with Crippen LogP contribution in [0.25, 0.3) is 0 Å². The lowest BCUT2D eigenvalue weighted by atomic mass is 9.87. The largest absolute Gasteiger partial charge is 0.303 e. The van der Waals surface area contributed by atoms with E-state index in [1.807, 2.05) is 6.08 Å². The molecule has 0 aromatic heterocycles. The van der Waals surface area contributed by atoms with Gasteiger partial charge in [0.15, 0.2) is 11.1 Å². The highest BCUT2D eigenvalue weighted by molar-refractivity contribution is 7.82. The molecule has 1 rings (SSSR count). The molecule has 1 fully saturated rings. The van der Waals surface area contributed by atoms with Gasteiger partial charge in [-0.2, -0.15) is 0 Å². The van der Waals surface area contributed by atoms with E-state index in [9.17, 15) is 4.21 Å². The van der Waals surface area contributed by atoms with Crippen LogP contribution in [0.4, 0.5) is 0 Å². The molecule has 0 aromatic carbocycles. The summed E-state index contributed by atoms with van der Waals surface area (Å²) in [7, 11) is 0. The summed E-state index contributed by atoms with van der Waals surface area (Å²) in [6.45, 7) is 2.28. The Balaban J connectivity index is 2.03. The minimum atomic E-state index is -1.77. The molecule has 1 unspecified atom stereocenters. The highest BCUT2D eigenvalue weighted by Crippen LogP contribution is 2.38. The number of allylic oxidation sites excluding steroid dienone is 1. The molecule has 3 heteroatoms. The summed E-state index contributed by atoms with van der Waals surface area (Å²) in [5.74, 6) is 1.96. The summed E-state index contributed by atoms with van der Waals surface area (Å²) in [6.07, 6.45) is 20.9. The Bertz CT molecular complexity index is 315. The average molecular weight is 329 g/mol. The van der Waals surface area contributed by atoms with Gasteiger partial charge in [0.25, 0.3) is 0 Å². The van der Waals surface area contributed by atoms with Crippen LogP contribution in [0.5, 0.6) is 0 Å². The van der Waals surface area contributed by atoms with E-state index < -0.39 is 11.1 Å². The van der Waals surface area contributed by atoms with Gasteiger partial charge in [-0.25, -0.2) is 4.21 Å². The molecule has 0 amide bonds. The van der Waals surface area contributed by atoms with Crippen molar-refractivity contribution in [3.8, 4) is 0 Å². The third-order valence-electron chi connectivity index (χ3n) is 5.15. The van der Waals surface area contributed by atoms with Gasteiger partial charge in [-0.1, -0.05) is 90.0 Å². The minimum absolute atomic E-state index is 0.946. The van der Waals surface area contributed by atoms with E-state index >= 15 is 0 Å². The number of rotatable bonds is 13. The first-order chi connectivity index (χ1) is 10.7. The fourth-order valence-corrected chi connectivity index (χ4v) is 4.18. The first-order valence-electron chi connectivity index (χ1n) is 9.50. The highest BCUT2D eigenvalue weighted by atomic mass is 32.2. The average Bonchev–Trinajstić information content (AvgIpc) is 2.93. The molecular weight excluding hydrogens is 292 g/mol. The van der Waals surface area contributed by atoms with Crippen LogP contribution in [0.3, 0.4) is 0 Å². The highest BCUT2D eigenvalue weighted by Gasteiger charge is 2.25. The van der Waals surface area contributed by atoms with Gasteiger partial charge in [0.1, 0.15) is 0 Å². The van der Waals surface area contributed by atoms with E-state index in [1.165, 1.54) is 82.5 Å². The molecule has 1 N–H and O–H groups in total. The van der Waals surface area contributed by atoms with E-state index in [4.69, 9.17) is 4.55 Å². The normalized spacial score (nSPS) is 23.4. The Morgan fingerprint density at radius 3 is 2.18 bits per heavy atom. The minimum Gasteiger partial charge on any atom is -0.303 e. The van der Waals surface area contributed by atoms with Gasteiger partial charge in [-0.3, -0.25) is 0 Å². The molecule has 0 aromatic rings. The van der Waals surface area contributed by atoms with Gasteiger partial charge in [0, 0.05) is 5.41 Å². The van der Waals surface area contributed by atoms with Gasteiger partial charge in [-0.05, 0) is 24.7 Å². The summed E-state index contributed by atoms with van der Waals surface area (Å²) in [6, 6.07) is 0. The fraction of sp³-hybridized carbons (Fsp3) is 0.895. The van der Waals surface area contributed by atoms with E-state index in [0.717, 1.165) is 24.7 Å². The van der Waals surface area contributed by atoms with E-state index in [-0.39, 0.29) is 0 Å². The topological polar surface area (TPSA) is 37.3 Å². The van der Waals surface area contributed by atoms with Crippen molar-refractivity contribution < 1.29 is 8.76 Å². The molecular formula is C19H36O2S. The molecule has 0 radical (unpaired) electrons. The van der Waals surface area contributed by atoms with Gasteiger partial charge < -0.3 is 4.55 Å². The van der Waals surface area contributed by atoms with Crippen LogP contribution in [0.2, 0.25) is 0 Å². The van der Waals surface area contributed by atoms with E-state index in [1.54, 1.807) is 0 Å². The summed E-state index contributed by atoms with van der Waals surface area (Å²) in [5.41, 5.74) is 0. The maximum absolute atomic E-state index is 10.5. The third kappa shape index (κ3) is 9.78. The molecule has 0 bridgehead atoms. The Kier molecular flexibility index (Phi) is 12.0. The number of unbranched alkanes of at least 4 members (excludes halogenated alkanes) is 7. The summed E-state index contributed by atoms with van der Waals surface area (Å²) >= 11 is -1.77. The SMILES string of the molecule is CCCCCCCC[C@H]1CCC[C@@H]1CCCCC=CS(=O)O. The van der Waals surface area contributed by atoms with Gasteiger partial charge in [0.2, 0.25) is 0 Å². The molecule has 0 saturated heterocycles. The van der Waals surface area contributed by atoms with Gasteiger partial charge in [-0.15, -0.1) is 0 Å². The van der Waals surface area contributed by atoms with Crippen molar-refractivity contribution in [2.24, 2.45) is 11.8 Å². The van der Waals surface area contributed by atoms with Crippen molar-refractivity contribution >= 4 is 11.1 Å². The second-order valence-corrected chi connectivity index (χ2v) is 7.76. The zero-order valence-corrected chi connectivity index (χ0v) is 15.3. The monoisotopic (exact) mass is 328 g/mol. The van der Waals surface area contributed by atoms with E-state index in [0.29, 0.717) is 0 Å². The standard InChI is InChI=1S/C19H36O2S/c1-2-3-4-5-6-9-13-18-15-12-16-19(18)14-10-7-8-11-17-22(20)21/h11,17-19H,2-10,12-16H2,1H3,(H,20,21)/t18-,19-/m0/s1. The predicted molar refractivity (Wildman–Crippen MR) is 97.2 cm³/mol. The zero-order valence-electron chi connectivity index (χ0n) is 14.5. The molecule has 130 valence electrons. The summed E-state index contributed by atoms with van der Waals surface area (Å²) in [4.78, 5) is 0. The molecule has 2 nitrogen and oxygen atoms in total. The molecule has 1 aliphatic rings. The van der Waals surface area contributed by atoms with Crippen LogP contribution in [0.1, 0.15) is 96.8 Å². The number of hydrogen-bond acceptors (Lipinski definition) is 1. The van der Waals surface area contributed by atoms with Crippen molar-refractivity contribution in [1.82, 2.24) is 0 Å². The lowest BCUT2D eigenvalue weighted by molar-refractivity contribution is 0.324. The van der Waals surface area contributed by atoms with Crippen LogP contribution >= 0.6 is 0 Å². The maximum atomic E-state index is 10.5. The lowest BCUT2D eigenvalue weighted by Crippen LogP contribution is -2.08. The Labute approximate surface area is 140 Å². The van der Waals surface area contributed by atoms with Crippen LogP contribution in [0, 0.1) is 11.8 Å². The third-order valence-corrected chi connectivity index (χ3v) is 5.58. The molecule has 3 atom stereocenters. The van der Waals surface area contributed by atoms with Crippen molar-refractivity contribution in [2.45, 2.75) is 96.8 Å². The predicted octanol–water partition coefficient (Wildman–Crippen LogP) is 6.45. The van der Waals surface area contributed by atoms with Crippen LogP contribution in [0.15, 0.2) is 11.5 Å². The molecule has 0 spiro atoms. The molecule has 22 heavy (non-hydrogen) atoms. The van der Waals surface area contributed by atoms with Crippen LogP contribution < -0.4 is 0 Å². The second-order valence-electron chi connectivity index (χ2n) is 6.94. The van der Waals surface area contributed by atoms with Crippen molar-refractivity contribution in [2.75, 3.05) is 0 Å². The smallest absolute Gasteiger partial charge is 0.178 e. The fourth-order valence-electron chi connectivity index (χ4n) is 3.88. The van der Waals surface area contributed by atoms with Crippen molar-refractivity contribution in [3.05, 3.63) is 11.5 Å². The van der Waals surface area contributed by atoms with Crippen LogP contribution in [-0.2, 0) is 11.1 Å². The Hall–Kier alpha value is -0.150. The molecule has 0 aliphatic heterocycles. The summed E-state index contributed by atoms with van der Waals surface area (Å²) < 4.78 is 19.1. The van der Waals surface area contributed by atoms with Gasteiger partial charge in [0.05, 0.1) is 0 Å².